The van der Waals surface area contributed by atoms with Gasteiger partial charge in [0.25, 0.3) is 0 Å². The van der Waals surface area contributed by atoms with Gasteiger partial charge in [-0.1, -0.05) is 32.4 Å². The molecule has 0 aromatic rings. The van der Waals surface area contributed by atoms with E-state index in [4.69, 9.17) is 0 Å². The van der Waals surface area contributed by atoms with Gasteiger partial charge >= 0.3 is 0 Å². The summed E-state index contributed by atoms with van der Waals surface area (Å²) in [5.74, 6) is 4.47. The van der Waals surface area contributed by atoms with Crippen LogP contribution in [0.2, 0.25) is 0 Å². The number of nitrogens with zero attached hydrogens (tertiary/aromatic N) is 1. The third-order valence-corrected chi connectivity index (χ3v) is 9.20. The molecule has 134 valence electrons. The lowest BCUT2D eigenvalue weighted by Gasteiger charge is -2.58. The summed E-state index contributed by atoms with van der Waals surface area (Å²) in [6.07, 6.45) is 14.1. The Morgan fingerprint density at radius 2 is 1.83 bits per heavy atom. The third kappa shape index (κ3) is 2.22. The first-order valence-electron chi connectivity index (χ1n) is 10.5. The van der Waals surface area contributed by atoms with Crippen LogP contribution in [-0.4, -0.2) is 12.8 Å². The van der Waals surface area contributed by atoms with Crippen LogP contribution in [-0.2, 0) is 0 Å². The molecule has 0 saturated heterocycles. The average molecular weight is 328 g/mol. The van der Waals surface area contributed by atoms with E-state index in [2.05, 4.69) is 38.8 Å². The number of fused-ring (bicyclic) bond motifs is 5. The maximum absolute atomic E-state index is 4.61. The lowest BCUT2D eigenvalue weighted by atomic mass is 9.46. The topological polar surface area (TPSA) is 12.4 Å². The van der Waals surface area contributed by atoms with Crippen molar-refractivity contribution in [1.29, 1.82) is 0 Å². The molecule has 0 aliphatic heterocycles. The smallest absolute Gasteiger partial charge is 0.0276 e. The van der Waals surface area contributed by atoms with Crippen LogP contribution in [0.25, 0.3) is 0 Å². The quantitative estimate of drug-likeness (QED) is 0.396. The number of hydrogen-bond donors (Lipinski definition) is 0. The van der Waals surface area contributed by atoms with E-state index >= 15 is 0 Å². The molecule has 4 rings (SSSR count). The van der Waals surface area contributed by atoms with Crippen molar-refractivity contribution in [3.8, 4) is 0 Å². The van der Waals surface area contributed by atoms with Crippen molar-refractivity contribution in [2.45, 2.75) is 79.1 Å². The zero-order chi connectivity index (χ0) is 17.1. The minimum atomic E-state index is 0.530. The van der Waals surface area contributed by atoms with Crippen molar-refractivity contribution in [3.05, 3.63) is 11.6 Å². The van der Waals surface area contributed by atoms with Gasteiger partial charge in [0.2, 0.25) is 0 Å². The average Bonchev–Trinajstić information content (AvgIpc) is 2.92. The normalized spacial score (nSPS) is 51.5. The van der Waals surface area contributed by atoms with Crippen molar-refractivity contribution >= 4 is 5.71 Å². The number of allylic oxidation sites excluding steroid dienone is 2. The van der Waals surface area contributed by atoms with Crippen molar-refractivity contribution in [2.75, 3.05) is 7.05 Å². The van der Waals surface area contributed by atoms with Gasteiger partial charge in [-0.25, -0.2) is 0 Å². The summed E-state index contributed by atoms with van der Waals surface area (Å²) in [5.41, 5.74) is 4.33. The highest BCUT2D eigenvalue weighted by atomic mass is 14.7. The predicted octanol–water partition coefficient (Wildman–Crippen LogP) is 6.29. The summed E-state index contributed by atoms with van der Waals surface area (Å²) in [4.78, 5) is 4.61. The van der Waals surface area contributed by atoms with Gasteiger partial charge in [0.05, 0.1) is 0 Å². The molecule has 3 saturated carbocycles. The lowest BCUT2D eigenvalue weighted by Crippen LogP contribution is -2.50. The summed E-state index contributed by atoms with van der Waals surface area (Å²) in [6.45, 7) is 9.97. The molecule has 7 unspecified atom stereocenters. The van der Waals surface area contributed by atoms with Gasteiger partial charge in [-0.05, 0) is 92.8 Å². The third-order valence-electron chi connectivity index (χ3n) is 9.20. The summed E-state index contributed by atoms with van der Waals surface area (Å²) >= 11 is 0. The SMILES string of the molecule is C/N=C(\C)C1CCC2C3CCC4=CC(C)CCC4(C)C3CCC12C. The second-order valence-corrected chi connectivity index (χ2v) is 10.1. The molecule has 0 radical (unpaired) electrons. The van der Waals surface area contributed by atoms with Gasteiger partial charge in [-0.15, -0.1) is 0 Å². The van der Waals surface area contributed by atoms with Crippen LogP contribution in [0.15, 0.2) is 16.6 Å². The fraction of sp³-hybridized carbons (Fsp3) is 0.870. The second-order valence-electron chi connectivity index (χ2n) is 10.1. The summed E-state index contributed by atoms with van der Waals surface area (Å²) < 4.78 is 0. The lowest BCUT2D eigenvalue weighted by molar-refractivity contribution is -0.0445. The van der Waals surface area contributed by atoms with E-state index in [1.807, 2.05) is 12.6 Å². The maximum Gasteiger partial charge on any atom is 0.0276 e. The summed E-state index contributed by atoms with van der Waals surface area (Å²) in [7, 11) is 2.00. The van der Waals surface area contributed by atoms with Gasteiger partial charge in [0, 0.05) is 18.7 Å². The van der Waals surface area contributed by atoms with Crippen LogP contribution >= 0.6 is 0 Å². The maximum atomic E-state index is 4.61. The molecule has 4 aliphatic rings. The fourth-order valence-corrected chi connectivity index (χ4v) is 7.74. The standard InChI is InChI=1S/C23H37N/c1-15-10-12-22(3)17(14-15)6-7-18-20-9-8-19(16(2)24-5)23(20,4)13-11-21(18)22/h14-15,18-21H,6-13H2,1-5H3/b24-16+. The Morgan fingerprint density at radius 1 is 1.04 bits per heavy atom. The molecule has 0 spiro atoms. The Balaban J connectivity index is 1.65. The van der Waals surface area contributed by atoms with Crippen molar-refractivity contribution in [1.82, 2.24) is 0 Å². The molecule has 7 atom stereocenters. The highest BCUT2D eigenvalue weighted by Crippen LogP contribution is 2.67. The van der Waals surface area contributed by atoms with E-state index in [0.29, 0.717) is 10.8 Å². The first-order valence-corrected chi connectivity index (χ1v) is 10.5. The van der Waals surface area contributed by atoms with Gasteiger partial charge in [0.15, 0.2) is 0 Å². The van der Waals surface area contributed by atoms with Crippen LogP contribution in [0.3, 0.4) is 0 Å². The van der Waals surface area contributed by atoms with Crippen LogP contribution in [0.5, 0.6) is 0 Å². The van der Waals surface area contributed by atoms with E-state index in [1.165, 1.54) is 57.1 Å². The van der Waals surface area contributed by atoms with Crippen molar-refractivity contribution in [2.24, 2.45) is 45.4 Å². The van der Waals surface area contributed by atoms with E-state index < -0.39 is 0 Å². The Morgan fingerprint density at radius 3 is 2.58 bits per heavy atom. The first-order chi connectivity index (χ1) is 11.4. The van der Waals surface area contributed by atoms with Gasteiger partial charge in [-0.3, -0.25) is 4.99 Å². The van der Waals surface area contributed by atoms with Crippen LogP contribution in [0, 0.1) is 40.4 Å². The van der Waals surface area contributed by atoms with E-state index in [-0.39, 0.29) is 0 Å². The molecule has 1 heteroatoms. The molecule has 0 aromatic carbocycles. The Kier molecular flexibility index (Phi) is 4.01. The highest BCUT2D eigenvalue weighted by molar-refractivity contribution is 5.85. The molecule has 0 amide bonds. The van der Waals surface area contributed by atoms with Crippen molar-refractivity contribution in [3.63, 3.8) is 0 Å². The fourth-order valence-electron chi connectivity index (χ4n) is 7.74. The molecule has 0 bridgehead atoms. The molecule has 4 aliphatic carbocycles. The molecule has 1 nitrogen and oxygen atoms in total. The number of rotatable bonds is 1. The Labute approximate surface area is 149 Å². The molecule has 3 fully saturated rings. The molecular formula is C23H37N. The van der Waals surface area contributed by atoms with E-state index in [0.717, 1.165) is 29.6 Å². The van der Waals surface area contributed by atoms with Gasteiger partial charge < -0.3 is 0 Å². The monoisotopic (exact) mass is 327 g/mol. The zero-order valence-electron chi connectivity index (χ0n) is 16.6. The van der Waals surface area contributed by atoms with Gasteiger partial charge in [0.1, 0.15) is 0 Å². The highest BCUT2D eigenvalue weighted by Gasteiger charge is 2.59. The predicted molar refractivity (Wildman–Crippen MR) is 103 cm³/mol. The number of aliphatic imine (C=N–C) groups is 1. The number of hydrogen-bond acceptors (Lipinski definition) is 1. The zero-order valence-corrected chi connectivity index (χ0v) is 16.6. The molecule has 0 heterocycles. The van der Waals surface area contributed by atoms with Gasteiger partial charge in [-0.2, -0.15) is 0 Å². The summed E-state index contributed by atoms with van der Waals surface area (Å²) in [5, 5.41) is 0. The van der Waals surface area contributed by atoms with E-state index in [9.17, 15) is 0 Å². The largest absolute Gasteiger partial charge is 0.297 e. The van der Waals surface area contributed by atoms with Crippen LogP contribution < -0.4 is 0 Å². The minimum absolute atomic E-state index is 0.530. The Bertz CT molecular complexity index is 573. The van der Waals surface area contributed by atoms with E-state index in [1.54, 1.807) is 0 Å². The first kappa shape index (κ1) is 16.9. The van der Waals surface area contributed by atoms with Crippen LogP contribution in [0.1, 0.15) is 79.1 Å². The molecule has 0 aromatic heterocycles. The Hall–Kier alpha value is -0.590. The van der Waals surface area contributed by atoms with Crippen molar-refractivity contribution < 1.29 is 0 Å². The molecule has 0 N–H and O–H groups in total. The van der Waals surface area contributed by atoms with Crippen LogP contribution in [0.4, 0.5) is 0 Å². The molecule has 24 heavy (non-hydrogen) atoms. The summed E-state index contributed by atoms with van der Waals surface area (Å²) in [6, 6.07) is 0. The second kappa shape index (κ2) is 5.71. The molecular weight excluding hydrogens is 290 g/mol. The minimum Gasteiger partial charge on any atom is -0.297 e.